The zero-order valence-electron chi connectivity index (χ0n) is 19.9. The monoisotopic (exact) mass is 522 g/mol. The van der Waals surface area contributed by atoms with Crippen molar-refractivity contribution in [3.8, 4) is 11.4 Å². The molecule has 2 aromatic carbocycles. The van der Waals surface area contributed by atoms with Crippen LogP contribution in [-0.2, 0) is 0 Å². The molecule has 0 aliphatic carbocycles. The van der Waals surface area contributed by atoms with E-state index in [-0.39, 0.29) is 17.2 Å². The highest BCUT2D eigenvalue weighted by atomic mass is 35.5. The molecule has 1 unspecified atom stereocenters. The molecule has 0 radical (unpaired) electrons. The summed E-state index contributed by atoms with van der Waals surface area (Å²) in [5, 5.41) is 19.8. The molecule has 1 fully saturated rings. The van der Waals surface area contributed by atoms with Gasteiger partial charge in [0, 0.05) is 49.6 Å². The number of aromatic carboxylic acids is 1. The number of benzene rings is 2. The summed E-state index contributed by atoms with van der Waals surface area (Å²) in [5.41, 5.74) is -0.0224. The smallest absolute Gasteiger partial charge is 0.341 e. The lowest BCUT2D eigenvalue weighted by Gasteiger charge is -2.31. The lowest BCUT2D eigenvalue weighted by atomic mass is 10.1. The van der Waals surface area contributed by atoms with Crippen LogP contribution in [-0.4, -0.2) is 51.9 Å². The number of phenolic OH excluding ortho intramolecular Hbond substituents is 1. The third-order valence-electron chi connectivity index (χ3n) is 6.70. The van der Waals surface area contributed by atoms with Gasteiger partial charge in [-0.3, -0.25) is 4.79 Å². The van der Waals surface area contributed by atoms with Crippen molar-refractivity contribution in [1.82, 2.24) is 9.55 Å². The molecule has 0 bridgehead atoms. The van der Waals surface area contributed by atoms with E-state index in [2.05, 4.69) is 4.98 Å². The molecule has 3 heterocycles. The minimum absolute atomic E-state index is 0.0383. The zero-order chi connectivity index (χ0) is 26.3. The van der Waals surface area contributed by atoms with E-state index in [1.54, 1.807) is 36.5 Å². The van der Waals surface area contributed by atoms with Crippen LogP contribution in [0.1, 0.15) is 23.2 Å². The van der Waals surface area contributed by atoms with Crippen LogP contribution < -0.4 is 15.2 Å². The Labute approximate surface area is 216 Å². The molecule has 190 valence electrons. The fourth-order valence-electron chi connectivity index (χ4n) is 4.94. The Morgan fingerprint density at radius 3 is 2.70 bits per heavy atom. The number of fused-ring (bicyclic) bond motifs is 1. The van der Waals surface area contributed by atoms with Gasteiger partial charge in [-0.2, -0.15) is 0 Å². The molecule has 1 aliphatic rings. The number of nitrogens with zero attached hydrogens (tertiary/aromatic N) is 4. The molecule has 4 aromatic rings. The van der Waals surface area contributed by atoms with Crippen molar-refractivity contribution in [3.05, 3.63) is 87.6 Å². The van der Waals surface area contributed by atoms with Crippen LogP contribution in [0.5, 0.6) is 5.75 Å². The Bertz CT molecular complexity index is 1560. The van der Waals surface area contributed by atoms with Crippen molar-refractivity contribution in [3.63, 3.8) is 0 Å². The fourth-order valence-corrected chi connectivity index (χ4v) is 5.20. The van der Waals surface area contributed by atoms with E-state index in [0.717, 1.165) is 18.9 Å². The first kappa shape index (κ1) is 24.6. The summed E-state index contributed by atoms with van der Waals surface area (Å²) in [6, 6.07) is 12.3. The maximum atomic E-state index is 15.6. The van der Waals surface area contributed by atoms with E-state index in [4.69, 9.17) is 11.6 Å². The Hall–Kier alpha value is -4.11. The van der Waals surface area contributed by atoms with Crippen molar-refractivity contribution in [2.45, 2.75) is 18.9 Å². The van der Waals surface area contributed by atoms with E-state index in [1.807, 2.05) is 16.8 Å². The molecule has 0 spiro atoms. The maximum Gasteiger partial charge on any atom is 0.341 e. The number of anilines is 2. The van der Waals surface area contributed by atoms with E-state index in [0.29, 0.717) is 40.8 Å². The van der Waals surface area contributed by atoms with Gasteiger partial charge in [0.15, 0.2) is 0 Å². The quantitative estimate of drug-likeness (QED) is 0.379. The molecule has 10 heteroatoms. The summed E-state index contributed by atoms with van der Waals surface area (Å²) in [6.45, 7) is 1.17. The number of hydrogen-bond donors (Lipinski definition) is 2. The Balaban J connectivity index is 1.60. The first-order chi connectivity index (χ1) is 17.7. The predicted molar refractivity (Wildman–Crippen MR) is 141 cm³/mol. The van der Waals surface area contributed by atoms with Crippen LogP contribution in [0.15, 0.2) is 65.7 Å². The van der Waals surface area contributed by atoms with Gasteiger partial charge in [-0.25, -0.2) is 14.2 Å². The van der Waals surface area contributed by atoms with Crippen molar-refractivity contribution < 1.29 is 19.4 Å². The number of aromatic nitrogens is 2. The molecule has 0 amide bonds. The summed E-state index contributed by atoms with van der Waals surface area (Å²) in [4.78, 5) is 33.0. The second-order valence-corrected chi connectivity index (χ2v) is 9.47. The Kier molecular flexibility index (Phi) is 6.47. The van der Waals surface area contributed by atoms with Crippen LogP contribution in [0, 0.1) is 5.82 Å². The summed E-state index contributed by atoms with van der Waals surface area (Å²) >= 11 is 6.32. The molecular weight excluding hydrogens is 499 g/mol. The summed E-state index contributed by atoms with van der Waals surface area (Å²) < 4.78 is 17.1. The molecule has 2 aromatic heterocycles. The van der Waals surface area contributed by atoms with Gasteiger partial charge in [-0.1, -0.05) is 11.6 Å². The minimum Gasteiger partial charge on any atom is -0.508 e. The van der Waals surface area contributed by atoms with Gasteiger partial charge in [0.05, 0.1) is 16.2 Å². The normalized spacial score (nSPS) is 15.3. The number of phenols is 1. The van der Waals surface area contributed by atoms with Crippen LogP contribution >= 0.6 is 11.6 Å². The standard InChI is InChI=1S/C27H24ClFN4O4/c1-31(26-21(28)5-2-10-30-26)14-17-4-3-11-32(17)24-13-23-19(12-22(24)29)25(35)20(27(36)37)15-33(23)16-6-8-18(34)9-7-16/h2,5-10,12-13,15,17,34H,3-4,11,14H2,1H3,(H,36,37). The predicted octanol–water partition coefficient (Wildman–Crippen LogP) is 4.69. The highest BCUT2D eigenvalue weighted by Gasteiger charge is 2.29. The molecule has 1 aliphatic heterocycles. The SMILES string of the molecule is CN(CC1CCCN1c1cc2c(cc1F)c(=O)c(C(=O)O)cn2-c1ccc(O)cc1)c1ncccc1Cl. The van der Waals surface area contributed by atoms with Gasteiger partial charge in [0.1, 0.15) is 22.9 Å². The van der Waals surface area contributed by atoms with Gasteiger partial charge in [-0.05, 0) is 61.4 Å². The van der Waals surface area contributed by atoms with Crippen LogP contribution in [0.2, 0.25) is 5.02 Å². The van der Waals surface area contributed by atoms with Gasteiger partial charge in [0.2, 0.25) is 5.43 Å². The molecule has 1 saturated heterocycles. The summed E-state index contributed by atoms with van der Waals surface area (Å²) in [5.74, 6) is -1.33. The maximum absolute atomic E-state index is 15.6. The highest BCUT2D eigenvalue weighted by Crippen LogP contribution is 2.33. The molecule has 1 atom stereocenters. The number of likely N-dealkylation sites (N-methyl/N-ethyl adjacent to an activating group) is 1. The molecule has 0 saturated carbocycles. The number of carboxylic acid groups (broad SMARTS) is 1. The van der Waals surface area contributed by atoms with E-state index < -0.39 is 22.8 Å². The van der Waals surface area contributed by atoms with E-state index in [9.17, 15) is 19.8 Å². The van der Waals surface area contributed by atoms with Crippen molar-refractivity contribution in [1.29, 1.82) is 0 Å². The third kappa shape index (κ3) is 4.58. The lowest BCUT2D eigenvalue weighted by Crippen LogP contribution is -2.39. The molecule has 5 rings (SSSR count). The van der Waals surface area contributed by atoms with E-state index >= 15 is 4.39 Å². The zero-order valence-corrected chi connectivity index (χ0v) is 20.7. The Morgan fingerprint density at radius 1 is 1.24 bits per heavy atom. The number of hydrogen-bond acceptors (Lipinski definition) is 6. The second-order valence-electron chi connectivity index (χ2n) is 9.06. The lowest BCUT2D eigenvalue weighted by molar-refractivity contribution is 0.0695. The first-order valence-corrected chi connectivity index (χ1v) is 12.1. The van der Waals surface area contributed by atoms with E-state index in [1.165, 1.54) is 22.9 Å². The first-order valence-electron chi connectivity index (χ1n) is 11.7. The van der Waals surface area contributed by atoms with Gasteiger partial charge >= 0.3 is 5.97 Å². The number of pyridine rings is 2. The average molecular weight is 523 g/mol. The van der Waals surface area contributed by atoms with Gasteiger partial charge < -0.3 is 24.6 Å². The van der Waals surface area contributed by atoms with Gasteiger partial charge in [0.25, 0.3) is 0 Å². The second kappa shape index (κ2) is 9.74. The number of halogens is 2. The highest BCUT2D eigenvalue weighted by molar-refractivity contribution is 6.32. The third-order valence-corrected chi connectivity index (χ3v) is 7.00. The number of carbonyl (C=O) groups is 1. The number of carboxylic acids is 1. The van der Waals surface area contributed by atoms with Crippen LogP contribution in [0.3, 0.4) is 0 Å². The van der Waals surface area contributed by atoms with Crippen molar-refractivity contribution in [2.75, 3.05) is 29.9 Å². The van der Waals surface area contributed by atoms with Gasteiger partial charge in [-0.15, -0.1) is 0 Å². The minimum atomic E-state index is -1.40. The fraction of sp³-hybridized carbons (Fsp3) is 0.222. The Morgan fingerprint density at radius 2 is 2.00 bits per heavy atom. The average Bonchev–Trinajstić information content (AvgIpc) is 3.32. The number of rotatable bonds is 6. The summed E-state index contributed by atoms with van der Waals surface area (Å²) in [6.07, 6.45) is 4.59. The van der Waals surface area contributed by atoms with Crippen LogP contribution in [0.25, 0.3) is 16.6 Å². The molecule has 8 nitrogen and oxygen atoms in total. The van der Waals surface area contributed by atoms with Crippen molar-refractivity contribution in [2.24, 2.45) is 0 Å². The number of aromatic hydroxyl groups is 1. The summed E-state index contributed by atoms with van der Waals surface area (Å²) in [7, 11) is 1.89. The molecular formula is C27H24ClFN4O4. The largest absolute Gasteiger partial charge is 0.508 e. The molecule has 37 heavy (non-hydrogen) atoms. The molecule has 2 N–H and O–H groups in total. The van der Waals surface area contributed by atoms with Crippen molar-refractivity contribution >= 4 is 40.0 Å². The topological polar surface area (TPSA) is 98.9 Å². The van der Waals surface area contributed by atoms with Crippen LogP contribution in [0.4, 0.5) is 15.9 Å².